The van der Waals surface area contributed by atoms with E-state index in [0.29, 0.717) is 6.42 Å². The Bertz CT molecular complexity index is 270. The average Bonchev–Trinajstić information content (AvgIpc) is 2.34. The lowest BCUT2D eigenvalue weighted by molar-refractivity contribution is -0.129. The van der Waals surface area contributed by atoms with Crippen LogP contribution < -0.4 is 16.6 Å². The molecule has 2 amide bonds. The van der Waals surface area contributed by atoms with Gasteiger partial charge in [0.25, 0.3) is 0 Å². The molecule has 6 heteroatoms. The zero-order valence-electron chi connectivity index (χ0n) is 10.4. The fraction of sp³-hybridized carbons (Fsp3) is 0.818. The van der Waals surface area contributed by atoms with Crippen LogP contribution in [-0.2, 0) is 9.59 Å². The van der Waals surface area contributed by atoms with Crippen molar-refractivity contribution in [1.82, 2.24) is 15.6 Å². The second kappa shape index (κ2) is 7.24. The molecule has 98 valence electrons. The van der Waals surface area contributed by atoms with Gasteiger partial charge in [-0.1, -0.05) is 6.92 Å². The Hall–Kier alpha value is -1.14. The van der Waals surface area contributed by atoms with E-state index >= 15 is 0 Å². The number of carbonyl (C=O) groups is 2. The molecule has 1 saturated heterocycles. The molecule has 0 aromatic heterocycles. The molecule has 1 aliphatic rings. The third-order valence-corrected chi connectivity index (χ3v) is 3.09. The zero-order valence-corrected chi connectivity index (χ0v) is 10.4. The second-order valence-electron chi connectivity index (χ2n) is 4.28. The molecule has 0 aromatic rings. The van der Waals surface area contributed by atoms with Crippen molar-refractivity contribution in [2.24, 2.45) is 5.84 Å². The van der Waals surface area contributed by atoms with E-state index in [0.717, 1.165) is 38.9 Å². The van der Waals surface area contributed by atoms with Gasteiger partial charge in [-0.15, -0.1) is 0 Å². The van der Waals surface area contributed by atoms with Crippen LogP contribution in [0.1, 0.15) is 32.6 Å². The first-order valence-electron chi connectivity index (χ1n) is 6.20. The topological polar surface area (TPSA) is 87.5 Å². The molecule has 1 fully saturated rings. The molecule has 0 radical (unpaired) electrons. The summed E-state index contributed by atoms with van der Waals surface area (Å²) in [5.41, 5.74) is 2.11. The Kier molecular flexibility index (Phi) is 5.93. The van der Waals surface area contributed by atoms with Gasteiger partial charge in [-0.2, -0.15) is 0 Å². The largest absolute Gasteiger partial charge is 0.353 e. The van der Waals surface area contributed by atoms with Gasteiger partial charge in [-0.05, 0) is 25.8 Å². The molecular formula is C11H22N4O2. The van der Waals surface area contributed by atoms with E-state index < -0.39 is 0 Å². The minimum absolute atomic E-state index is 0.00733. The highest BCUT2D eigenvalue weighted by atomic mass is 16.2. The molecule has 1 rings (SSSR count). The maximum Gasteiger partial charge on any atom is 0.237 e. The number of hydrogen-bond acceptors (Lipinski definition) is 4. The van der Waals surface area contributed by atoms with Crippen molar-refractivity contribution >= 4 is 11.8 Å². The Morgan fingerprint density at radius 1 is 1.59 bits per heavy atom. The number of rotatable bonds is 6. The zero-order chi connectivity index (χ0) is 12.7. The summed E-state index contributed by atoms with van der Waals surface area (Å²) in [5, 5.41) is 2.87. The summed E-state index contributed by atoms with van der Waals surface area (Å²) in [6, 6.07) is -0.00733. The van der Waals surface area contributed by atoms with E-state index in [1.807, 2.05) is 6.92 Å². The van der Waals surface area contributed by atoms with Gasteiger partial charge in [0, 0.05) is 19.5 Å². The monoisotopic (exact) mass is 242 g/mol. The predicted molar refractivity (Wildman–Crippen MR) is 64.8 cm³/mol. The predicted octanol–water partition coefficient (Wildman–Crippen LogP) is -0.643. The number of unbranched alkanes of at least 4 members (excludes halogenated alkanes) is 1. The van der Waals surface area contributed by atoms with Crippen LogP contribution in [0.4, 0.5) is 0 Å². The average molecular weight is 242 g/mol. The summed E-state index contributed by atoms with van der Waals surface area (Å²) in [5.74, 6) is 4.99. The van der Waals surface area contributed by atoms with Gasteiger partial charge >= 0.3 is 0 Å². The molecule has 1 aliphatic heterocycles. The summed E-state index contributed by atoms with van der Waals surface area (Å²) < 4.78 is 0. The first-order chi connectivity index (χ1) is 8.19. The van der Waals surface area contributed by atoms with E-state index in [1.165, 1.54) is 0 Å². The number of hydrogen-bond donors (Lipinski definition) is 3. The van der Waals surface area contributed by atoms with Crippen molar-refractivity contribution in [3.05, 3.63) is 0 Å². The molecule has 1 heterocycles. The molecule has 4 N–H and O–H groups in total. The smallest absolute Gasteiger partial charge is 0.237 e. The van der Waals surface area contributed by atoms with Crippen molar-refractivity contribution in [3.63, 3.8) is 0 Å². The Labute approximate surface area is 102 Å². The molecule has 1 atom stereocenters. The lowest BCUT2D eigenvalue weighted by Crippen LogP contribution is -2.55. The fourth-order valence-electron chi connectivity index (χ4n) is 2.15. The molecular weight excluding hydrogens is 220 g/mol. The summed E-state index contributed by atoms with van der Waals surface area (Å²) in [6.45, 7) is 4.50. The number of nitrogens with two attached hydrogens (primary N) is 1. The Morgan fingerprint density at radius 2 is 2.35 bits per heavy atom. The van der Waals surface area contributed by atoms with Gasteiger partial charge in [0.05, 0.1) is 6.04 Å². The van der Waals surface area contributed by atoms with Gasteiger partial charge in [-0.3, -0.25) is 19.9 Å². The van der Waals surface area contributed by atoms with Crippen molar-refractivity contribution in [2.45, 2.75) is 38.6 Å². The van der Waals surface area contributed by atoms with E-state index in [9.17, 15) is 9.59 Å². The molecule has 0 spiro atoms. The number of amides is 2. The standard InChI is InChI=1S/C11H22N4O2/c1-2-9-11(17)13-6-8-15(9)7-4-3-5-10(16)14-12/h9H,2-8,12H2,1H3,(H,13,17)(H,14,16). The number of hydrazine groups is 1. The highest BCUT2D eigenvalue weighted by molar-refractivity contribution is 5.82. The minimum atomic E-state index is -0.131. The number of carbonyl (C=O) groups excluding carboxylic acids is 2. The fourth-order valence-corrected chi connectivity index (χ4v) is 2.15. The van der Waals surface area contributed by atoms with E-state index in [2.05, 4.69) is 15.6 Å². The first-order valence-corrected chi connectivity index (χ1v) is 6.20. The number of nitrogens with one attached hydrogen (secondary N) is 2. The van der Waals surface area contributed by atoms with Crippen LogP contribution in [0.2, 0.25) is 0 Å². The summed E-state index contributed by atoms with van der Waals surface area (Å²) in [7, 11) is 0. The first kappa shape index (κ1) is 13.9. The molecule has 17 heavy (non-hydrogen) atoms. The molecule has 0 bridgehead atoms. The van der Waals surface area contributed by atoms with E-state index in [4.69, 9.17) is 5.84 Å². The van der Waals surface area contributed by atoms with Gasteiger partial charge in [0.2, 0.25) is 11.8 Å². The van der Waals surface area contributed by atoms with Crippen LogP contribution in [0.25, 0.3) is 0 Å². The van der Waals surface area contributed by atoms with Crippen LogP contribution in [0.5, 0.6) is 0 Å². The van der Waals surface area contributed by atoms with Gasteiger partial charge in [0.1, 0.15) is 0 Å². The normalized spacial score (nSPS) is 21.1. The maximum atomic E-state index is 11.6. The van der Waals surface area contributed by atoms with Crippen LogP contribution in [0.3, 0.4) is 0 Å². The molecule has 0 aromatic carbocycles. The molecule has 0 aliphatic carbocycles. The van der Waals surface area contributed by atoms with Gasteiger partial charge < -0.3 is 5.32 Å². The Morgan fingerprint density at radius 3 is 3.00 bits per heavy atom. The highest BCUT2D eigenvalue weighted by Crippen LogP contribution is 2.10. The van der Waals surface area contributed by atoms with Gasteiger partial charge in [-0.25, -0.2) is 5.84 Å². The van der Waals surface area contributed by atoms with Crippen molar-refractivity contribution < 1.29 is 9.59 Å². The Balaban J connectivity index is 2.25. The maximum absolute atomic E-state index is 11.6. The van der Waals surface area contributed by atoms with Crippen LogP contribution in [0.15, 0.2) is 0 Å². The summed E-state index contributed by atoms with van der Waals surface area (Å²) >= 11 is 0. The van der Waals surface area contributed by atoms with E-state index in [-0.39, 0.29) is 17.9 Å². The molecule has 1 unspecified atom stereocenters. The van der Waals surface area contributed by atoms with Crippen LogP contribution in [0, 0.1) is 0 Å². The third kappa shape index (κ3) is 4.32. The second-order valence-corrected chi connectivity index (χ2v) is 4.28. The minimum Gasteiger partial charge on any atom is -0.353 e. The lowest BCUT2D eigenvalue weighted by atomic mass is 10.1. The van der Waals surface area contributed by atoms with Crippen molar-refractivity contribution in [3.8, 4) is 0 Å². The SMILES string of the molecule is CCC1C(=O)NCCN1CCCCC(=O)NN. The van der Waals surface area contributed by atoms with Gasteiger partial charge in [0.15, 0.2) is 0 Å². The number of piperazine rings is 1. The summed E-state index contributed by atoms with van der Waals surface area (Å²) in [4.78, 5) is 24.7. The highest BCUT2D eigenvalue weighted by Gasteiger charge is 2.27. The van der Waals surface area contributed by atoms with Crippen LogP contribution >= 0.6 is 0 Å². The number of nitrogens with zero attached hydrogens (tertiary/aromatic N) is 1. The van der Waals surface area contributed by atoms with Crippen molar-refractivity contribution in [1.29, 1.82) is 0 Å². The quantitative estimate of drug-likeness (QED) is 0.250. The lowest BCUT2D eigenvalue weighted by Gasteiger charge is -2.34. The van der Waals surface area contributed by atoms with E-state index in [1.54, 1.807) is 0 Å². The van der Waals surface area contributed by atoms with Crippen LogP contribution in [-0.4, -0.2) is 42.4 Å². The van der Waals surface area contributed by atoms with Crippen molar-refractivity contribution in [2.75, 3.05) is 19.6 Å². The molecule has 0 saturated carbocycles. The molecule has 6 nitrogen and oxygen atoms in total. The summed E-state index contributed by atoms with van der Waals surface area (Å²) in [6.07, 6.45) is 3.00. The third-order valence-electron chi connectivity index (χ3n) is 3.09.